The lowest BCUT2D eigenvalue weighted by Gasteiger charge is -2.33. The van der Waals surface area contributed by atoms with Crippen LogP contribution in [-0.2, 0) is 26.2 Å². The molecule has 0 saturated heterocycles. The van der Waals surface area contributed by atoms with E-state index >= 15 is 0 Å². The molecule has 1 N–H and O–H groups in total. The van der Waals surface area contributed by atoms with Crippen molar-refractivity contribution in [3.63, 3.8) is 0 Å². The van der Waals surface area contributed by atoms with Gasteiger partial charge in [0.2, 0.25) is 11.8 Å². The van der Waals surface area contributed by atoms with Gasteiger partial charge in [-0.2, -0.15) is 0 Å². The summed E-state index contributed by atoms with van der Waals surface area (Å²) in [6, 6.07) is 15.6. The summed E-state index contributed by atoms with van der Waals surface area (Å²) in [5.41, 5.74) is 0.851. The minimum Gasteiger partial charge on any atom is -0.486 e. The van der Waals surface area contributed by atoms with Gasteiger partial charge in [-0.05, 0) is 73.9 Å². The molecule has 2 aliphatic rings. The number of halogens is 2. The Morgan fingerprint density at radius 1 is 0.977 bits per heavy atom. The highest BCUT2D eigenvalue weighted by atomic mass is 79.9. The molecule has 1 aliphatic carbocycles. The van der Waals surface area contributed by atoms with Crippen molar-refractivity contribution < 1.29 is 31.9 Å². The standard InChI is InChI=1S/C32H35BrFN3O6S/c1-22(32(39)35-26-8-3-2-4-9-26)36(20-23-6-5-7-24(33)18-23)31(38)21-37(27-12-10-25(34)11-13-27)44(40,41)28-14-15-29-30(19-28)43-17-16-42-29/h5-7,10-15,18-19,22,26H,2-4,8-9,16-17,20-21H2,1H3,(H,35,39). The van der Waals surface area contributed by atoms with Crippen LogP contribution in [0.15, 0.2) is 76.1 Å². The number of ether oxygens (including phenoxy) is 2. The first-order valence-electron chi connectivity index (χ1n) is 14.6. The molecular formula is C32H35BrFN3O6S. The number of fused-ring (bicyclic) bond motifs is 1. The molecule has 5 rings (SSSR count). The molecule has 0 radical (unpaired) electrons. The highest BCUT2D eigenvalue weighted by Gasteiger charge is 2.34. The fourth-order valence-corrected chi connectivity index (χ4v) is 7.31. The number of carbonyl (C=O) groups excluding carboxylic acids is 2. The molecule has 0 bridgehead atoms. The Labute approximate surface area is 265 Å². The van der Waals surface area contributed by atoms with Gasteiger partial charge in [-0.15, -0.1) is 0 Å². The van der Waals surface area contributed by atoms with E-state index in [2.05, 4.69) is 21.2 Å². The van der Waals surface area contributed by atoms with Crippen molar-refractivity contribution in [2.24, 2.45) is 0 Å². The Balaban J connectivity index is 1.47. The second kappa shape index (κ2) is 14.0. The van der Waals surface area contributed by atoms with Gasteiger partial charge < -0.3 is 19.7 Å². The van der Waals surface area contributed by atoms with E-state index < -0.39 is 34.3 Å². The van der Waals surface area contributed by atoms with E-state index in [4.69, 9.17) is 9.47 Å². The molecule has 1 heterocycles. The molecule has 234 valence electrons. The van der Waals surface area contributed by atoms with E-state index in [0.29, 0.717) is 12.4 Å². The van der Waals surface area contributed by atoms with Gasteiger partial charge in [-0.1, -0.05) is 47.3 Å². The Morgan fingerprint density at radius 3 is 2.39 bits per heavy atom. The molecule has 1 atom stereocenters. The summed E-state index contributed by atoms with van der Waals surface area (Å²) in [5.74, 6) is -0.768. The fourth-order valence-electron chi connectivity index (χ4n) is 5.43. The van der Waals surface area contributed by atoms with Crippen molar-refractivity contribution in [1.82, 2.24) is 10.2 Å². The zero-order valence-corrected chi connectivity index (χ0v) is 26.8. The Bertz CT molecular complexity index is 1600. The molecule has 0 aromatic heterocycles. The minimum absolute atomic E-state index is 0.0350. The van der Waals surface area contributed by atoms with Crippen LogP contribution in [0.25, 0.3) is 0 Å². The number of carbonyl (C=O) groups is 2. The van der Waals surface area contributed by atoms with Crippen LogP contribution in [-0.4, -0.2) is 57.0 Å². The van der Waals surface area contributed by atoms with Crippen molar-refractivity contribution >= 4 is 43.5 Å². The minimum atomic E-state index is -4.36. The number of rotatable bonds is 10. The first-order chi connectivity index (χ1) is 21.1. The van der Waals surface area contributed by atoms with Crippen molar-refractivity contribution in [2.45, 2.75) is 62.6 Å². The number of hydrogen-bond acceptors (Lipinski definition) is 6. The highest BCUT2D eigenvalue weighted by molar-refractivity contribution is 9.10. The molecule has 2 amide bonds. The smallest absolute Gasteiger partial charge is 0.264 e. The van der Waals surface area contributed by atoms with Crippen LogP contribution in [0.4, 0.5) is 10.1 Å². The lowest BCUT2D eigenvalue weighted by molar-refractivity contribution is -0.139. The first-order valence-corrected chi connectivity index (χ1v) is 16.9. The topological polar surface area (TPSA) is 105 Å². The summed E-state index contributed by atoms with van der Waals surface area (Å²) >= 11 is 3.46. The Morgan fingerprint density at radius 2 is 1.68 bits per heavy atom. The molecule has 3 aromatic carbocycles. The maximum atomic E-state index is 14.1. The van der Waals surface area contributed by atoms with E-state index in [1.165, 1.54) is 35.2 Å². The Hall–Kier alpha value is -3.64. The van der Waals surface area contributed by atoms with Crippen molar-refractivity contribution in [3.05, 3.63) is 82.6 Å². The molecule has 1 aliphatic heterocycles. The average Bonchev–Trinajstić information content (AvgIpc) is 3.02. The van der Waals surface area contributed by atoms with E-state index in [1.54, 1.807) is 6.92 Å². The van der Waals surface area contributed by atoms with Crippen molar-refractivity contribution in [2.75, 3.05) is 24.1 Å². The van der Waals surface area contributed by atoms with Gasteiger partial charge in [0.25, 0.3) is 10.0 Å². The molecule has 1 saturated carbocycles. The molecule has 12 heteroatoms. The SMILES string of the molecule is CC(C(=O)NC1CCCCC1)N(Cc1cccc(Br)c1)C(=O)CN(c1ccc(F)cc1)S(=O)(=O)c1ccc2c(c1)OCCO2. The Kier molecular flexibility index (Phi) is 10.1. The van der Waals surface area contributed by atoms with Crippen LogP contribution in [0, 0.1) is 5.82 Å². The van der Waals surface area contributed by atoms with E-state index in [-0.39, 0.29) is 41.4 Å². The summed E-state index contributed by atoms with van der Waals surface area (Å²) in [7, 11) is -4.36. The van der Waals surface area contributed by atoms with Crippen molar-refractivity contribution in [1.29, 1.82) is 0 Å². The lowest BCUT2D eigenvalue weighted by Crippen LogP contribution is -2.53. The van der Waals surface area contributed by atoms with Gasteiger partial charge in [0.1, 0.15) is 31.6 Å². The van der Waals surface area contributed by atoms with Gasteiger partial charge in [0.15, 0.2) is 11.5 Å². The molecule has 9 nitrogen and oxygen atoms in total. The van der Waals surface area contributed by atoms with Gasteiger partial charge in [-0.25, -0.2) is 12.8 Å². The number of nitrogens with zero attached hydrogens (tertiary/aromatic N) is 2. The first kappa shape index (κ1) is 31.8. The molecule has 0 spiro atoms. The van der Waals surface area contributed by atoms with Gasteiger partial charge >= 0.3 is 0 Å². The number of hydrogen-bond donors (Lipinski definition) is 1. The molecule has 1 unspecified atom stereocenters. The molecule has 3 aromatic rings. The number of nitrogens with one attached hydrogen (secondary N) is 1. The average molecular weight is 689 g/mol. The lowest BCUT2D eigenvalue weighted by atomic mass is 9.95. The molecule has 1 fully saturated rings. The second-order valence-corrected chi connectivity index (χ2v) is 13.7. The summed E-state index contributed by atoms with van der Waals surface area (Å²) < 4.78 is 55.0. The van der Waals surface area contributed by atoms with Crippen LogP contribution < -0.4 is 19.1 Å². The van der Waals surface area contributed by atoms with E-state index in [0.717, 1.165) is 58.6 Å². The zero-order chi connectivity index (χ0) is 31.3. The largest absolute Gasteiger partial charge is 0.486 e. The zero-order valence-electron chi connectivity index (χ0n) is 24.4. The summed E-state index contributed by atoms with van der Waals surface area (Å²) in [5, 5.41) is 3.09. The number of sulfonamides is 1. The van der Waals surface area contributed by atoms with Crippen LogP contribution in [0.2, 0.25) is 0 Å². The summed E-state index contributed by atoms with van der Waals surface area (Å²) in [6.07, 6.45) is 4.95. The normalized spacial score (nSPS) is 15.7. The monoisotopic (exact) mass is 687 g/mol. The second-order valence-electron chi connectivity index (χ2n) is 11.0. The van der Waals surface area contributed by atoms with Crippen LogP contribution in [0.1, 0.15) is 44.6 Å². The van der Waals surface area contributed by atoms with Gasteiger partial charge in [-0.3, -0.25) is 13.9 Å². The van der Waals surface area contributed by atoms with Crippen LogP contribution in [0.3, 0.4) is 0 Å². The predicted molar refractivity (Wildman–Crippen MR) is 168 cm³/mol. The van der Waals surface area contributed by atoms with E-state index in [1.807, 2.05) is 24.3 Å². The molecular weight excluding hydrogens is 653 g/mol. The van der Waals surface area contributed by atoms with Gasteiger partial charge in [0, 0.05) is 23.1 Å². The third-order valence-corrected chi connectivity index (χ3v) is 10.1. The predicted octanol–water partition coefficient (Wildman–Crippen LogP) is 5.42. The summed E-state index contributed by atoms with van der Waals surface area (Å²) in [4.78, 5) is 28.9. The number of anilines is 1. The third kappa shape index (κ3) is 7.52. The summed E-state index contributed by atoms with van der Waals surface area (Å²) in [6.45, 7) is 1.69. The van der Waals surface area contributed by atoms with Crippen LogP contribution >= 0.6 is 15.9 Å². The fraction of sp³-hybridized carbons (Fsp3) is 0.375. The maximum absolute atomic E-state index is 14.1. The number of amides is 2. The number of benzene rings is 3. The van der Waals surface area contributed by atoms with Crippen LogP contribution in [0.5, 0.6) is 11.5 Å². The van der Waals surface area contributed by atoms with Gasteiger partial charge in [0.05, 0.1) is 10.6 Å². The van der Waals surface area contributed by atoms with Crippen molar-refractivity contribution in [3.8, 4) is 11.5 Å². The van der Waals surface area contributed by atoms with E-state index in [9.17, 15) is 22.4 Å². The molecule has 44 heavy (non-hydrogen) atoms. The third-order valence-electron chi connectivity index (χ3n) is 7.86. The maximum Gasteiger partial charge on any atom is 0.264 e. The quantitative estimate of drug-likeness (QED) is 0.305. The highest BCUT2D eigenvalue weighted by Crippen LogP contribution is 2.34.